The third kappa shape index (κ3) is 9.21. The van der Waals surface area contributed by atoms with E-state index < -0.39 is 10.0 Å². The van der Waals surface area contributed by atoms with Gasteiger partial charge in [-0.3, -0.25) is 4.99 Å². The van der Waals surface area contributed by atoms with Gasteiger partial charge in [0.15, 0.2) is 5.96 Å². The van der Waals surface area contributed by atoms with Gasteiger partial charge in [0.05, 0.1) is 4.90 Å². The van der Waals surface area contributed by atoms with Crippen LogP contribution in [-0.4, -0.2) is 83.6 Å². The van der Waals surface area contributed by atoms with Crippen molar-refractivity contribution in [2.75, 3.05) is 60.0 Å². The van der Waals surface area contributed by atoms with E-state index in [9.17, 15) is 8.42 Å². The summed E-state index contributed by atoms with van der Waals surface area (Å²) in [6.07, 6.45) is 3.12. The number of aliphatic imine (C=N–C) groups is 1. The molecule has 10 heteroatoms. The van der Waals surface area contributed by atoms with Gasteiger partial charge in [0.25, 0.3) is 0 Å². The lowest BCUT2D eigenvalue weighted by molar-refractivity contribution is 0.129. The normalized spacial score (nSPS) is 16.0. The first-order valence-electron chi connectivity index (χ1n) is 10.8. The van der Waals surface area contributed by atoms with Crippen molar-refractivity contribution >= 4 is 40.0 Å². The second-order valence-corrected chi connectivity index (χ2v) is 9.39. The molecule has 0 atom stereocenters. The fourth-order valence-corrected chi connectivity index (χ4v) is 4.84. The summed E-state index contributed by atoms with van der Waals surface area (Å²) in [6, 6.07) is 7.18. The summed E-state index contributed by atoms with van der Waals surface area (Å²) in [5.74, 6) is 0.648. The minimum atomic E-state index is -3.51. The van der Waals surface area contributed by atoms with Crippen LogP contribution in [0.3, 0.4) is 0 Å². The number of sulfonamides is 1. The largest absolute Gasteiger partial charge is 0.381 e. The summed E-state index contributed by atoms with van der Waals surface area (Å²) in [6.45, 7) is 7.33. The number of halogens is 1. The molecule has 1 aromatic carbocycles. The van der Waals surface area contributed by atoms with Gasteiger partial charge in [-0.15, -0.1) is 24.0 Å². The van der Waals surface area contributed by atoms with Crippen LogP contribution >= 0.6 is 24.0 Å². The summed E-state index contributed by atoms with van der Waals surface area (Å²) >= 11 is 0. The molecule has 2 rings (SSSR count). The number of nitrogens with zero attached hydrogens (tertiary/aromatic N) is 3. The SMILES string of the molecule is CCCCOCCCNC(=NC)NCc1ccccc1S(=O)(=O)N1CCN(C)CC1.I. The molecule has 0 aliphatic carbocycles. The highest BCUT2D eigenvalue weighted by atomic mass is 127. The van der Waals surface area contributed by atoms with E-state index in [0.717, 1.165) is 57.7 Å². The lowest BCUT2D eigenvalue weighted by Gasteiger charge is -2.32. The van der Waals surface area contributed by atoms with E-state index in [4.69, 9.17) is 4.74 Å². The Labute approximate surface area is 204 Å². The monoisotopic (exact) mass is 567 g/mol. The number of nitrogens with one attached hydrogen (secondary N) is 2. The zero-order valence-electron chi connectivity index (χ0n) is 19.0. The zero-order chi connectivity index (χ0) is 21.8. The van der Waals surface area contributed by atoms with Gasteiger partial charge in [-0.2, -0.15) is 4.31 Å². The second-order valence-electron chi connectivity index (χ2n) is 7.49. The van der Waals surface area contributed by atoms with Gasteiger partial charge in [0.1, 0.15) is 0 Å². The summed E-state index contributed by atoms with van der Waals surface area (Å²) in [7, 11) is 0.207. The third-order valence-corrected chi connectivity index (χ3v) is 7.12. The Morgan fingerprint density at radius 1 is 1.10 bits per heavy atom. The molecule has 178 valence electrons. The molecule has 8 nitrogen and oxygen atoms in total. The Kier molecular flexibility index (Phi) is 13.6. The maximum absolute atomic E-state index is 13.2. The van der Waals surface area contributed by atoms with Gasteiger partial charge in [0, 0.05) is 59.5 Å². The van der Waals surface area contributed by atoms with E-state index >= 15 is 0 Å². The van der Waals surface area contributed by atoms with Gasteiger partial charge >= 0.3 is 0 Å². The van der Waals surface area contributed by atoms with Crippen molar-refractivity contribution in [1.29, 1.82) is 0 Å². The number of rotatable bonds is 11. The topological polar surface area (TPSA) is 86.3 Å². The number of guanidine groups is 1. The average molecular weight is 568 g/mol. The van der Waals surface area contributed by atoms with Crippen LogP contribution in [-0.2, 0) is 21.3 Å². The minimum absolute atomic E-state index is 0. The molecule has 0 unspecified atom stereocenters. The molecule has 0 radical (unpaired) electrons. The first kappa shape index (κ1) is 28.1. The molecule has 0 spiro atoms. The lowest BCUT2D eigenvalue weighted by Crippen LogP contribution is -2.47. The van der Waals surface area contributed by atoms with Gasteiger partial charge < -0.3 is 20.3 Å². The first-order valence-corrected chi connectivity index (χ1v) is 12.2. The molecule has 1 aliphatic heterocycles. The fraction of sp³-hybridized carbons (Fsp3) is 0.667. The molecule has 0 aromatic heterocycles. The molecule has 0 amide bonds. The van der Waals surface area contributed by atoms with E-state index in [0.29, 0.717) is 30.5 Å². The lowest BCUT2D eigenvalue weighted by atomic mass is 10.2. The maximum atomic E-state index is 13.2. The number of unbranched alkanes of at least 4 members (excludes halogenated alkanes) is 1. The molecule has 2 N–H and O–H groups in total. The van der Waals surface area contributed by atoms with Crippen LogP contribution in [0, 0.1) is 0 Å². The van der Waals surface area contributed by atoms with Crippen LogP contribution in [0.5, 0.6) is 0 Å². The highest BCUT2D eigenvalue weighted by molar-refractivity contribution is 14.0. The standard InChI is InChI=1S/C21H37N5O3S.HI/c1-4-5-16-29-17-8-11-23-21(22-2)24-18-19-9-6-7-10-20(19)30(27,28)26-14-12-25(3)13-15-26;/h6-7,9-10H,4-5,8,11-18H2,1-3H3,(H2,22,23,24);1H. The van der Waals surface area contributed by atoms with Crippen LogP contribution in [0.1, 0.15) is 31.7 Å². The summed E-state index contributed by atoms with van der Waals surface area (Å²) in [5.41, 5.74) is 0.738. The van der Waals surface area contributed by atoms with Crippen molar-refractivity contribution in [1.82, 2.24) is 19.8 Å². The van der Waals surface area contributed by atoms with E-state index in [2.05, 4.69) is 27.4 Å². The maximum Gasteiger partial charge on any atom is 0.243 e. The molecule has 0 bridgehead atoms. The third-order valence-electron chi connectivity index (χ3n) is 5.12. The van der Waals surface area contributed by atoms with E-state index in [1.54, 1.807) is 23.5 Å². The highest BCUT2D eigenvalue weighted by Gasteiger charge is 2.29. The Bertz CT molecular complexity index is 768. The quantitative estimate of drug-likeness (QED) is 0.185. The molecule has 1 heterocycles. The Hall–Kier alpha value is -0.950. The molecular weight excluding hydrogens is 529 g/mol. The van der Waals surface area contributed by atoms with Crippen molar-refractivity contribution in [2.24, 2.45) is 4.99 Å². The second kappa shape index (κ2) is 15.0. The predicted molar refractivity (Wildman–Crippen MR) is 137 cm³/mol. The fourth-order valence-electron chi connectivity index (χ4n) is 3.20. The van der Waals surface area contributed by atoms with Crippen LogP contribution in [0.2, 0.25) is 0 Å². The van der Waals surface area contributed by atoms with Gasteiger partial charge in [0.2, 0.25) is 10.0 Å². The number of benzene rings is 1. The van der Waals surface area contributed by atoms with E-state index in [-0.39, 0.29) is 24.0 Å². The molecule has 1 fully saturated rings. The van der Waals surface area contributed by atoms with Crippen molar-refractivity contribution < 1.29 is 13.2 Å². The predicted octanol–water partition coefficient (Wildman–Crippen LogP) is 2.11. The van der Waals surface area contributed by atoms with E-state index in [1.807, 2.05) is 19.2 Å². The Morgan fingerprint density at radius 2 is 1.77 bits per heavy atom. The number of piperazine rings is 1. The highest BCUT2D eigenvalue weighted by Crippen LogP contribution is 2.21. The summed E-state index contributed by atoms with van der Waals surface area (Å²) < 4.78 is 33.5. The van der Waals surface area contributed by atoms with Crippen molar-refractivity contribution in [2.45, 2.75) is 37.6 Å². The van der Waals surface area contributed by atoms with Crippen LogP contribution < -0.4 is 10.6 Å². The van der Waals surface area contributed by atoms with Crippen molar-refractivity contribution in [3.05, 3.63) is 29.8 Å². The van der Waals surface area contributed by atoms with Crippen LogP contribution in [0.15, 0.2) is 34.2 Å². The van der Waals surface area contributed by atoms with Crippen LogP contribution in [0.4, 0.5) is 0 Å². The number of hydrogen-bond acceptors (Lipinski definition) is 5. The Morgan fingerprint density at radius 3 is 2.45 bits per heavy atom. The van der Waals surface area contributed by atoms with Crippen LogP contribution in [0.25, 0.3) is 0 Å². The van der Waals surface area contributed by atoms with Gasteiger partial charge in [-0.25, -0.2) is 8.42 Å². The minimum Gasteiger partial charge on any atom is -0.381 e. The number of ether oxygens (including phenoxy) is 1. The molecule has 31 heavy (non-hydrogen) atoms. The average Bonchev–Trinajstić information content (AvgIpc) is 2.75. The summed E-state index contributed by atoms with van der Waals surface area (Å²) in [5, 5.41) is 6.48. The van der Waals surface area contributed by atoms with Crippen molar-refractivity contribution in [3.8, 4) is 0 Å². The van der Waals surface area contributed by atoms with Gasteiger partial charge in [-0.1, -0.05) is 31.5 Å². The summed E-state index contributed by atoms with van der Waals surface area (Å²) in [4.78, 5) is 6.73. The smallest absolute Gasteiger partial charge is 0.243 e. The van der Waals surface area contributed by atoms with Gasteiger partial charge in [-0.05, 0) is 31.5 Å². The Balaban J connectivity index is 0.00000480. The number of likely N-dealkylation sites (N-methyl/N-ethyl adjacent to an activating group) is 1. The zero-order valence-corrected chi connectivity index (χ0v) is 22.1. The van der Waals surface area contributed by atoms with Crippen molar-refractivity contribution in [3.63, 3.8) is 0 Å². The molecule has 0 saturated carbocycles. The molecule has 1 saturated heterocycles. The number of hydrogen-bond donors (Lipinski definition) is 2. The molecule has 1 aliphatic rings. The van der Waals surface area contributed by atoms with E-state index in [1.165, 1.54) is 0 Å². The molecule has 1 aromatic rings. The first-order chi connectivity index (χ1) is 14.5. The molecular formula is C21H38IN5O3S.